The number of nitrogens with zero attached hydrogens (tertiary/aromatic N) is 5. The minimum Gasteiger partial charge on any atom is -0.496 e. The van der Waals surface area contributed by atoms with Crippen molar-refractivity contribution in [3.8, 4) is 16.9 Å². The van der Waals surface area contributed by atoms with Gasteiger partial charge >= 0.3 is 0 Å². The molecule has 3 heterocycles. The molecule has 0 bridgehead atoms. The number of methoxy groups -OCH3 is 1. The zero-order chi connectivity index (χ0) is 30.6. The van der Waals surface area contributed by atoms with Crippen molar-refractivity contribution in [3.05, 3.63) is 107 Å². The highest BCUT2D eigenvalue weighted by atomic mass is 16.5. The zero-order valence-corrected chi connectivity index (χ0v) is 25.9. The summed E-state index contributed by atoms with van der Waals surface area (Å²) in [6.45, 7) is 6.27. The Labute approximate surface area is 260 Å². The van der Waals surface area contributed by atoms with Crippen LogP contribution >= 0.6 is 0 Å². The van der Waals surface area contributed by atoms with Crippen molar-refractivity contribution in [2.75, 3.05) is 65.4 Å². The van der Waals surface area contributed by atoms with E-state index in [0.29, 0.717) is 30.1 Å². The smallest absolute Gasteiger partial charge is 0.270 e. The number of aromatic nitrogens is 1. The monoisotopic (exact) mass is 591 g/mol. The van der Waals surface area contributed by atoms with Crippen LogP contribution in [0.1, 0.15) is 38.5 Å². The average molecular weight is 592 g/mol. The summed E-state index contributed by atoms with van der Waals surface area (Å²) in [5.74, 6) is 0.602. The molecular weight excluding hydrogens is 550 g/mol. The summed E-state index contributed by atoms with van der Waals surface area (Å²) < 4.78 is 7.82. The number of hydrogen-bond donors (Lipinski definition) is 0. The second-order valence-corrected chi connectivity index (χ2v) is 11.9. The number of para-hydroxylation sites is 1. The Morgan fingerprint density at radius 1 is 0.818 bits per heavy atom. The fraction of sp³-hybridized carbons (Fsp3) is 0.333. The van der Waals surface area contributed by atoms with Crippen LogP contribution in [0.25, 0.3) is 11.1 Å². The minimum atomic E-state index is -0.108. The van der Waals surface area contributed by atoms with E-state index in [1.54, 1.807) is 7.11 Å². The molecule has 1 saturated heterocycles. The van der Waals surface area contributed by atoms with E-state index in [9.17, 15) is 9.59 Å². The highest BCUT2D eigenvalue weighted by molar-refractivity contribution is 6.07. The van der Waals surface area contributed by atoms with Gasteiger partial charge in [0, 0.05) is 48.7 Å². The molecule has 2 aliphatic heterocycles. The van der Waals surface area contributed by atoms with E-state index in [1.807, 2.05) is 94.7 Å². The molecule has 3 aromatic carbocycles. The van der Waals surface area contributed by atoms with Crippen molar-refractivity contribution in [1.82, 2.24) is 19.3 Å². The van der Waals surface area contributed by atoms with Gasteiger partial charge in [-0.1, -0.05) is 48.5 Å². The number of amides is 2. The van der Waals surface area contributed by atoms with Crippen molar-refractivity contribution >= 4 is 17.5 Å². The second kappa shape index (κ2) is 13.1. The number of benzene rings is 3. The third-order valence-electron chi connectivity index (χ3n) is 8.74. The molecule has 1 fully saturated rings. The Morgan fingerprint density at radius 2 is 1.57 bits per heavy atom. The van der Waals surface area contributed by atoms with Crippen LogP contribution in [0.4, 0.5) is 5.69 Å². The molecule has 2 amide bonds. The number of carbonyl (C=O) groups is 2. The third-order valence-corrected chi connectivity index (χ3v) is 8.74. The van der Waals surface area contributed by atoms with E-state index in [1.165, 1.54) is 0 Å². The first-order valence-electron chi connectivity index (χ1n) is 15.4. The van der Waals surface area contributed by atoms with Gasteiger partial charge in [-0.05, 0) is 81.1 Å². The van der Waals surface area contributed by atoms with Gasteiger partial charge in [0.1, 0.15) is 11.4 Å². The maximum Gasteiger partial charge on any atom is 0.270 e. The molecule has 0 atom stereocenters. The molecule has 0 saturated carbocycles. The largest absolute Gasteiger partial charge is 0.496 e. The SMILES string of the molecule is COc1cc(C(=O)N2Cc3ccc(C(=O)N4CCN(CCCN(C)C)CC4)n3Cc3ccccc32)ccc1-c1ccccc1. The van der Waals surface area contributed by atoms with Crippen LogP contribution in [0, 0.1) is 0 Å². The van der Waals surface area contributed by atoms with Crippen LogP contribution in [0.5, 0.6) is 5.75 Å². The van der Waals surface area contributed by atoms with Crippen molar-refractivity contribution in [1.29, 1.82) is 0 Å². The second-order valence-electron chi connectivity index (χ2n) is 11.9. The first kappa shape index (κ1) is 29.7. The standard InChI is InChI=1S/C36H41N5O3/c1-37(2)18-9-19-38-20-22-39(23-21-38)36(43)33-17-15-30-26-41(32-13-8-7-12-29(32)25-40(30)33)35(42)28-14-16-31(34(24-28)44-3)27-10-5-4-6-11-27/h4-8,10-17,24H,9,18-23,25-26H2,1-3H3. The highest BCUT2D eigenvalue weighted by Gasteiger charge is 2.30. The van der Waals surface area contributed by atoms with Crippen LogP contribution in [0.2, 0.25) is 0 Å². The summed E-state index contributed by atoms with van der Waals surface area (Å²) >= 11 is 0. The van der Waals surface area contributed by atoms with Gasteiger partial charge in [0.15, 0.2) is 0 Å². The van der Waals surface area contributed by atoms with Gasteiger partial charge in [-0.15, -0.1) is 0 Å². The number of fused-ring (bicyclic) bond motifs is 2. The summed E-state index contributed by atoms with van der Waals surface area (Å²) in [6.07, 6.45) is 1.13. The third kappa shape index (κ3) is 6.14. The first-order chi connectivity index (χ1) is 21.4. The molecule has 0 aliphatic carbocycles. The molecular formula is C36H41N5O3. The average Bonchev–Trinajstić information content (AvgIpc) is 3.37. The zero-order valence-electron chi connectivity index (χ0n) is 25.9. The number of hydrogen-bond acceptors (Lipinski definition) is 5. The maximum absolute atomic E-state index is 14.2. The molecule has 2 aliphatic rings. The lowest BCUT2D eigenvalue weighted by molar-refractivity contribution is 0.0623. The molecule has 0 N–H and O–H groups in total. The Balaban J connectivity index is 1.23. The molecule has 44 heavy (non-hydrogen) atoms. The summed E-state index contributed by atoms with van der Waals surface area (Å²) in [6, 6.07) is 27.6. The van der Waals surface area contributed by atoms with Crippen molar-refractivity contribution < 1.29 is 14.3 Å². The predicted octanol–water partition coefficient (Wildman–Crippen LogP) is 5.08. The molecule has 4 aromatic rings. The lowest BCUT2D eigenvalue weighted by Crippen LogP contribution is -2.49. The van der Waals surface area contributed by atoms with E-state index >= 15 is 0 Å². The van der Waals surface area contributed by atoms with Crippen LogP contribution in [-0.4, -0.2) is 91.6 Å². The molecule has 6 rings (SSSR count). The molecule has 1 aromatic heterocycles. The highest BCUT2D eigenvalue weighted by Crippen LogP contribution is 2.34. The van der Waals surface area contributed by atoms with Gasteiger partial charge in [-0.2, -0.15) is 0 Å². The molecule has 0 radical (unpaired) electrons. The van der Waals surface area contributed by atoms with Gasteiger partial charge in [-0.25, -0.2) is 0 Å². The Bertz CT molecular complexity index is 1620. The van der Waals surface area contributed by atoms with Gasteiger partial charge in [0.25, 0.3) is 11.8 Å². The normalized spacial score (nSPS) is 15.1. The Hall–Kier alpha value is -4.40. The summed E-state index contributed by atoms with van der Waals surface area (Å²) in [5, 5.41) is 0. The summed E-state index contributed by atoms with van der Waals surface area (Å²) in [4.78, 5) is 36.4. The number of carbonyl (C=O) groups excluding carboxylic acids is 2. The number of rotatable bonds is 8. The van der Waals surface area contributed by atoms with E-state index in [0.717, 1.165) is 73.8 Å². The van der Waals surface area contributed by atoms with Gasteiger partial charge in [0.2, 0.25) is 0 Å². The maximum atomic E-state index is 14.2. The fourth-order valence-corrected chi connectivity index (χ4v) is 6.31. The lowest BCUT2D eigenvalue weighted by Gasteiger charge is -2.35. The van der Waals surface area contributed by atoms with E-state index in [2.05, 4.69) is 28.5 Å². The van der Waals surface area contributed by atoms with Crippen LogP contribution in [0.15, 0.2) is 84.9 Å². The van der Waals surface area contributed by atoms with Gasteiger partial charge in [0.05, 0.1) is 20.2 Å². The molecule has 0 unspecified atom stereocenters. The van der Waals surface area contributed by atoms with Gasteiger partial charge in [-0.3, -0.25) is 14.5 Å². The van der Waals surface area contributed by atoms with Crippen LogP contribution in [-0.2, 0) is 13.1 Å². The van der Waals surface area contributed by atoms with E-state index in [4.69, 9.17) is 4.74 Å². The van der Waals surface area contributed by atoms with Crippen molar-refractivity contribution in [2.24, 2.45) is 0 Å². The molecule has 8 nitrogen and oxygen atoms in total. The number of anilines is 1. The predicted molar refractivity (Wildman–Crippen MR) is 174 cm³/mol. The quantitative estimate of drug-likeness (QED) is 0.286. The van der Waals surface area contributed by atoms with Crippen molar-refractivity contribution in [3.63, 3.8) is 0 Å². The topological polar surface area (TPSA) is 61.3 Å². The molecule has 228 valence electrons. The van der Waals surface area contributed by atoms with Crippen molar-refractivity contribution in [2.45, 2.75) is 19.5 Å². The number of piperazine rings is 1. The summed E-state index contributed by atoms with van der Waals surface area (Å²) in [5.41, 5.74) is 6.00. The van der Waals surface area contributed by atoms with E-state index < -0.39 is 0 Å². The van der Waals surface area contributed by atoms with Crippen LogP contribution in [0.3, 0.4) is 0 Å². The first-order valence-corrected chi connectivity index (χ1v) is 15.4. The van der Waals surface area contributed by atoms with Crippen LogP contribution < -0.4 is 9.64 Å². The lowest BCUT2D eigenvalue weighted by atomic mass is 10.0. The Kier molecular flexibility index (Phi) is 8.82. The minimum absolute atomic E-state index is 0.0580. The fourth-order valence-electron chi connectivity index (χ4n) is 6.31. The van der Waals surface area contributed by atoms with Gasteiger partial charge < -0.3 is 24.0 Å². The molecule has 8 heteroatoms. The number of ether oxygens (including phenoxy) is 1. The molecule has 0 spiro atoms. The summed E-state index contributed by atoms with van der Waals surface area (Å²) in [7, 11) is 5.84. The Morgan fingerprint density at radius 3 is 2.32 bits per heavy atom. The van der Waals surface area contributed by atoms with E-state index in [-0.39, 0.29) is 11.8 Å².